The van der Waals surface area contributed by atoms with Gasteiger partial charge in [0, 0.05) is 24.5 Å². The van der Waals surface area contributed by atoms with E-state index in [4.69, 9.17) is 4.74 Å². The first-order valence-corrected chi connectivity index (χ1v) is 10.3. The first-order valence-electron chi connectivity index (χ1n) is 10.3. The van der Waals surface area contributed by atoms with Crippen molar-refractivity contribution in [1.82, 2.24) is 14.8 Å². The maximum atomic E-state index is 12.6. The first-order chi connectivity index (χ1) is 14.6. The lowest BCUT2D eigenvalue weighted by atomic mass is 10.1. The molecule has 1 aliphatic heterocycles. The van der Waals surface area contributed by atoms with Crippen LogP contribution in [0.4, 0.5) is 0 Å². The van der Waals surface area contributed by atoms with Crippen LogP contribution in [0.15, 0.2) is 73.1 Å². The SMILES string of the molecule is Cc1ccc(CCN2C(=O)CN(C)C2c2ccc(OCc3cccnc3)cc2)cc1. The second-order valence-corrected chi connectivity index (χ2v) is 7.83. The number of carbonyl (C=O) groups excluding carboxylic acids is 1. The minimum absolute atomic E-state index is 0.0460. The van der Waals surface area contributed by atoms with Crippen molar-refractivity contribution in [3.05, 3.63) is 95.3 Å². The number of pyridine rings is 1. The zero-order chi connectivity index (χ0) is 20.9. The average molecular weight is 402 g/mol. The highest BCUT2D eigenvalue weighted by Gasteiger charge is 2.36. The highest BCUT2D eigenvalue weighted by Crippen LogP contribution is 2.30. The summed E-state index contributed by atoms with van der Waals surface area (Å²) < 4.78 is 5.87. The molecule has 30 heavy (non-hydrogen) atoms. The summed E-state index contributed by atoms with van der Waals surface area (Å²) in [7, 11) is 2.00. The van der Waals surface area contributed by atoms with Crippen LogP contribution >= 0.6 is 0 Å². The third-order valence-electron chi connectivity index (χ3n) is 5.49. The lowest BCUT2D eigenvalue weighted by molar-refractivity contribution is -0.128. The second-order valence-electron chi connectivity index (χ2n) is 7.83. The van der Waals surface area contributed by atoms with E-state index in [2.05, 4.69) is 53.2 Å². The molecule has 1 atom stereocenters. The lowest BCUT2D eigenvalue weighted by Crippen LogP contribution is -2.32. The molecule has 1 aromatic heterocycles. The fourth-order valence-corrected chi connectivity index (χ4v) is 3.84. The van der Waals surface area contributed by atoms with Gasteiger partial charge >= 0.3 is 0 Å². The maximum Gasteiger partial charge on any atom is 0.238 e. The minimum atomic E-state index is -0.0460. The van der Waals surface area contributed by atoms with Crippen LogP contribution in [0, 0.1) is 6.92 Å². The van der Waals surface area contributed by atoms with Gasteiger partial charge < -0.3 is 9.64 Å². The van der Waals surface area contributed by atoms with Crippen LogP contribution in [0.2, 0.25) is 0 Å². The molecule has 0 radical (unpaired) electrons. The molecular formula is C25H27N3O2. The quantitative estimate of drug-likeness (QED) is 0.601. The van der Waals surface area contributed by atoms with Gasteiger partial charge in [-0.15, -0.1) is 0 Å². The summed E-state index contributed by atoms with van der Waals surface area (Å²) >= 11 is 0. The summed E-state index contributed by atoms with van der Waals surface area (Å²) in [6, 6.07) is 20.5. The molecule has 154 valence electrons. The van der Waals surface area contributed by atoms with Crippen molar-refractivity contribution >= 4 is 5.91 Å². The summed E-state index contributed by atoms with van der Waals surface area (Å²) in [4.78, 5) is 20.8. The van der Waals surface area contributed by atoms with E-state index in [9.17, 15) is 4.79 Å². The number of aromatic nitrogens is 1. The molecule has 1 fully saturated rings. The molecule has 1 saturated heterocycles. The first kappa shape index (κ1) is 20.1. The molecule has 1 amide bonds. The monoisotopic (exact) mass is 401 g/mol. The highest BCUT2D eigenvalue weighted by atomic mass is 16.5. The van der Waals surface area contributed by atoms with Crippen molar-refractivity contribution in [2.24, 2.45) is 0 Å². The molecule has 5 nitrogen and oxygen atoms in total. The Hall–Kier alpha value is -3.18. The number of hydrogen-bond acceptors (Lipinski definition) is 4. The molecule has 1 aliphatic rings. The Morgan fingerprint density at radius 2 is 1.80 bits per heavy atom. The Morgan fingerprint density at radius 3 is 2.50 bits per heavy atom. The van der Waals surface area contributed by atoms with Crippen LogP contribution in [-0.4, -0.2) is 40.8 Å². The third kappa shape index (κ3) is 4.69. The van der Waals surface area contributed by atoms with Crippen molar-refractivity contribution < 1.29 is 9.53 Å². The summed E-state index contributed by atoms with van der Waals surface area (Å²) in [5.74, 6) is 0.979. The Morgan fingerprint density at radius 1 is 1.03 bits per heavy atom. The van der Waals surface area contributed by atoms with Crippen molar-refractivity contribution in [2.75, 3.05) is 20.1 Å². The maximum absolute atomic E-state index is 12.6. The number of rotatable bonds is 7. The molecule has 0 bridgehead atoms. The minimum Gasteiger partial charge on any atom is -0.489 e. The van der Waals surface area contributed by atoms with Crippen LogP contribution in [0.25, 0.3) is 0 Å². The van der Waals surface area contributed by atoms with E-state index in [0.29, 0.717) is 19.7 Å². The summed E-state index contributed by atoms with van der Waals surface area (Å²) in [5, 5.41) is 0. The molecule has 0 saturated carbocycles. The van der Waals surface area contributed by atoms with Gasteiger partial charge in [-0.3, -0.25) is 14.7 Å². The van der Waals surface area contributed by atoms with Crippen LogP contribution in [-0.2, 0) is 17.8 Å². The van der Waals surface area contributed by atoms with Gasteiger partial charge in [0.1, 0.15) is 18.5 Å². The van der Waals surface area contributed by atoms with Gasteiger partial charge in [-0.25, -0.2) is 0 Å². The number of nitrogens with zero attached hydrogens (tertiary/aromatic N) is 3. The van der Waals surface area contributed by atoms with Crippen LogP contribution in [0.3, 0.4) is 0 Å². The zero-order valence-corrected chi connectivity index (χ0v) is 17.5. The van der Waals surface area contributed by atoms with Crippen LogP contribution in [0.1, 0.15) is 28.4 Å². The van der Waals surface area contributed by atoms with E-state index in [1.807, 2.05) is 36.2 Å². The zero-order valence-electron chi connectivity index (χ0n) is 17.5. The number of carbonyl (C=O) groups is 1. The van der Waals surface area contributed by atoms with Gasteiger partial charge in [0.15, 0.2) is 0 Å². The number of hydrogen-bond donors (Lipinski definition) is 0. The summed E-state index contributed by atoms with van der Waals surface area (Å²) in [5.41, 5.74) is 4.63. The number of benzene rings is 2. The second kappa shape index (κ2) is 9.09. The van der Waals surface area contributed by atoms with E-state index in [-0.39, 0.29) is 12.1 Å². The number of amides is 1. The van der Waals surface area contributed by atoms with E-state index in [1.165, 1.54) is 11.1 Å². The van der Waals surface area contributed by atoms with Crippen molar-refractivity contribution in [3.8, 4) is 5.75 Å². The highest BCUT2D eigenvalue weighted by molar-refractivity contribution is 5.81. The molecule has 2 heterocycles. The predicted octanol–water partition coefficient (Wildman–Crippen LogP) is 3.98. The largest absolute Gasteiger partial charge is 0.489 e. The lowest BCUT2D eigenvalue weighted by Gasteiger charge is -2.28. The van der Waals surface area contributed by atoms with Crippen LogP contribution < -0.4 is 4.74 Å². The fraction of sp³-hybridized carbons (Fsp3) is 0.280. The van der Waals surface area contributed by atoms with Crippen LogP contribution in [0.5, 0.6) is 5.75 Å². The summed E-state index contributed by atoms with van der Waals surface area (Å²) in [6.45, 7) is 3.72. The molecule has 0 N–H and O–H groups in total. The molecule has 0 aliphatic carbocycles. The van der Waals surface area contributed by atoms with Gasteiger partial charge in [-0.1, -0.05) is 48.0 Å². The average Bonchev–Trinajstić information content (AvgIpc) is 3.06. The van der Waals surface area contributed by atoms with Gasteiger partial charge in [0.2, 0.25) is 5.91 Å². The molecule has 4 rings (SSSR count). The summed E-state index contributed by atoms with van der Waals surface area (Å²) in [6.07, 6.45) is 4.36. The van der Waals surface area contributed by atoms with E-state index in [0.717, 1.165) is 23.3 Å². The van der Waals surface area contributed by atoms with Crippen molar-refractivity contribution in [2.45, 2.75) is 26.1 Å². The number of aryl methyl sites for hydroxylation is 1. The van der Waals surface area contributed by atoms with Gasteiger partial charge in [-0.05, 0) is 49.7 Å². The molecule has 5 heteroatoms. The van der Waals surface area contributed by atoms with Crippen molar-refractivity contribution in [3.63, 3.8) is 0 Å². The topological polar surface area (TPSA) is 45.7 Å². The van der Waals surface area contributed by atoms with Gasteiger partial charge in [-0.2, -0.15) is 0 Å². The molecule has 1 unspecified atom stereocenters. The molecule has 3 aromatic rings. The van der Waals surface area contributed by atoms with E-state index in [1.54, 1.807) is 12.4 Å². The van der Waals surface area contributed by atoms with E-state index >= 15 is 0 Å². The predicted molar refractivity (Wildman–Crippen MR) is 117 cm³/mol. The Kier molecular flexibility index (Phi) is 6.10. The Bertz CT molecular complexity index is 972. The van der Waals surface area contributed by atoms with E-state index < -0.39 is 0 Å². The number of likely N-dealkylation sites (N-methyl/N-ethyl adjacent to an activating group) is 1. The smallest absolute Gasteiger partial charge is 0.238 e. The van der Waals surface area contributed by atoms with Crippen molar-refractivity contribution in [1.29, 1.82) is 0 Å². The molecule has 2 aromatic carbocycles. The van der Waals surface area contributed by atoms with Gasteiger partial charge in [0.05, 0.1) is 6.54 Å². The Labute approximate surface area is 177 Å². The normalized spacial score (nSPS) is 16.8. The molecule has 0 spiro atoms. The Balaban J connectivity index is 1.42. The third-order valence-corrected chi connectivity index (χ3v) is 5.49. The fourth-order valence-electron chi connectivity index (χ4n) is 3.84. The number of ether oxygens (including phenoxy) is 1. The van der Waals surface area contributed by atoms with Gasteiger partial charge in [0.25, 0.3) is 0 Å². The molecular weight excluding hydrogens is 374 g/mol. The standard InChI is InChI=1S/C25H27N3O2/c1-19-5-7-20(8-6-19)13-15-28-24(29)17-27(2)25(28)22-9-11-23(12-10-22)30-18-21-4-3-14-26-16-21/h3-12,14,16,25H,13,15,17-18H2,1-2H3.